The monoisotopic (exact) mass is 602 g/mol. The number of hydrogen-bond donors (Lipinski definition) is 1. The summed E-state index contributed by atoms with van der Waals surface area (Å²) < 4.78 is 26.8. The topological polar surface area (TPSA) is 100 Å². The molecule has 6 rings (SSSR count). The molecule has 44 heavy (non-hydrogen) atoms. The lowest BCUT2D eigenvalue weighted by molar-refractivity contribution is -0.132. The second kappa shape index (κ2) is 11.9. The van der Waals surface area contributed by atoms with Gasteiger partial charge in [-0.15, -0.1) is 0 Å². The van der Waals surface area contributed by atoms with Crippen LogP contribution in [0.15, 0.2) is 58.6 Å². The number of nitrogens with zero attached hydrogens (tertiary/aromatic N) is 7. The Hall–Kier alpha value is -4.45. The van der Waals surface area contributed by atoms with Gasteiger partial charge < -0.3 is 14.8 Å². The summed E-state index contributed by atoms with van der Waals surface area (Å²) in [6.07, 6.45) is 1.53. The van der Waals surface area contributed by atoms with Crippen molar-refractivity contribution in [3.8, 4) is 0 Å². The number of H-pyrrole nitrogens is 1. The van der Waals surface area contributed by atoms with Crippen molar-refractivity contribution in [2.75, 3.05) is 58.3 Å². The van der Waals surface area contributed by atoms with Gasteiger partial charge in [-0.25, -0.2) is 13.8 Å². The van der Waals surface area contributed by atoms with Crippen LogP contribution in [-0.4, -0.2) is 103 Å². The third-order valence-electron chi connectivity index (χ3n) is 8.92. The molecular weight excluding hydrogens is 566 g/mol. The van der Waals surface area contributed by atoms with Gasteiger partial charge in [0, 0.05) is 56.9 Å². The summed E-state index contributed by atoms with van der Waals surface area (Å²) in [7, 11) is 3.67. The Kier molecular flexibility index (Phi) is 8.02. The zero-order valence-electron chi connectivity index (χ0n) is 25.0. The number of aliphatic imine (C=N–C) groups is 1. The molecule has 0 saturated carbocycles. The zero-order valence-corrected chi connectivity index (χ0v) is 25.0. The largest absolute Gasteiger partial charge is 0.338 e. The number of amidine groups is 1. The van der Waals surface area contributed by atoms with E-state index in [0.29, 0.717) is 68.0 Å². The highest BCUT2D eigenvalue weighted by Crippen LogP contribution is 2.43. The molecule has 0 bridgehead atoms. The number of rotatable bonds is 7. The molecule has 2 saturated heterocycles. The van der Waals surface area contributed by atoms with E-state index in [2.05, 4.69) is 38.0 Å². The molecule has 0 unspecified atom stereocenters. The molecule has 3 aromatic rings. The fourth-order valence-electron chi connectivity index (χ4n) is 6.54. The average molecular weight is 603 g/mol. The molecule has 230 valence electrons. The van der Waals surface area contributed by atoms with Crippen molar-refractivity contribution in [3.63, 3.8) is 0 Å². The van der Waals surface area contributed by atoms with E-state index in [4.69, 9.17) is 0 Å². The van der Waals surface area contributed by atoms with Gasteiger partial charge in [0.1, 0.15) is 5.69 Å². The Morgan fingerprint density at radius 2 is 1.91 bits per heavy atom. The van der Waals surface area contributed by atoms with Crippen LogP contribution in [0.5, 0.6) is 0 Å². The highest BCUT2D eigenvalue weighted by Gasteiger charge is 2.51. The first-order valence-electron chi connectivity index (χ1n) is 14.8. The van der Waals surface area contributed by atoms with Gasteiger partial charge in [-0.1, -0.05) is 30.3 Å². The van der Waals surface area contributed by atoms with Crippen LogP contribution in [0.25, 0.3) is 16.5 Å². The van der Waals surface area contributed by atoms with Gasteiger partial charge in [-0.2, -0.15) is 10.2 Å². The number of alkyl halides is 2. The number of aromatic amines is 1. The Morgan fingerprint density at radius 3 is 2.59 bits per heavy atom. The van der Waals surface area contributed by atoms with Crippen LogP contribution in [0.3, 0.4) is 0 Å². The number of anilines is 1. The minimum atomic E-state index is -2.68. The number of hydrazone groups is 1. The molecule has 2 aromatic carbocycles. The number of carbonyl (C=O) groups excluding carboxylic acids is 2. The number of amides is 2. The van der Waals surface area contributed by atoms with Crippen molar-refractivity contribution in [2.24, 2.45) is 15.5 Å². The summed E-state index contributed by atoms with van der Waals surface area (Å²) >= 11 is 0. The number of likely N-dealkylation sites (tertiary alicyclic amines) is 1. The molecule has 1 aromatic heterocycles. The number of nitrogens with one attached hydrogen (secondary N) is 1. The van der Waals surface area contributed by atoms with Crippen LogP contribution >= 0.6 is 0 Å². The predicted molar refractivity (Wildman–Crippen MR) is 167 cm³/mol. The number of carbonyl (C=O) groups is 2. The highest BCUT2D eigenvalue weighted by molar-refractivity contribution is 6.02. The molecule has 12 heteroatoms. The van der Waals surface area contributed by atoms with E-state index in [0.717, 1.165) is 17.5 Å². The van der Waals surface area contributed by atoms with Crippen LogP contribution < -0.4 is 4.90 Å². The Labute approximate surface area is 254 Å². The standard InChI is InChI=1S/C32H36F2N8O2/c1-35-30(38-39(2)3)23-6-4-21(5-7-23)22-10-14-41(15-11-22)27(43)19-40-16-12-32(20-40)13-17-42(31(32)44)24-8-9-26-25(18-24)28(29(33)34)37-36-26/h4-10,18,29H,1,11-17,19-20H2,2-3H3,(H,36,37)/b38-30-/t32-/m0/s1. The van der Waals surface area contributed by atoms with Crippen molar-refractivity contribution >= 4 is 46.5 Å². The molecule has 3 aliphatic rings. The fourth-order valence-corrected chi connectivity index (χ4v) is 6.54. The number of aromatic nitrogens is 2. The molecule has 2 amide bonds. The van der Waals surface area contributed by atoms with Crippen LogP contribution in [0, 0.1) is 5.41 Å². The maximum absolute atomic E-state index is 13.7. The van der Waals surface area contributed by atoms with E-state index >= 15 is 0 Å². The van der Waals surface area contributed by atoms with Crippen molar-refractivity contribution < 1.29 is 18.4 Å². The van der Waals surface area contributed by atoms with Gasteiger partial charge in [0.2, 0.25) is 11.8 Å². The molecule has 2 fully saturated rings. The fraction of sp³-hybridized carbons (Fsp3) is 0.406. The Morgan fingerprint density at radius 1 is 1.14 bits per heavy atom. The third kappa shape index (κ3) is 5.61. The minimum Gasteiger partial charge on any atom is -0.338 e. The van der Waals surface area contributed by atoms with Crippen molar-refractivity contribution in [3.05, 3.63) is 65.4 Å². The lowest BCUT2D eigenvalue weighted by Gasteiger charge is -2.29. The maximum Gasteiger partial charge on any atom is 0.280 e. The number of benzene rings is 2. The summed E-state index contributed by atoms with van der Waals surface area (Å²) in [5.74, 6) is 0.613. The smallest absolute Gasteiger partial charge is 0.280 e. The van der Waals surface area contributed by atoms with E-state index in [1.807, 2.05) is 43.3 Å². The molecule has 1 spiro atoms. The van der Waals surface area contributed by atoms with Gasteiger partial charge in [0.25, 0.3) is 6.43 Å². The van der Waals surface area contributed by atoms with Crippen LogP contribution in [0.1, 0.15) is 42.5 Å². The van der Waals surface area contributed by atoms with Crippen molar-refractivity contribution in [1.29, 1.82) is 0 Å². The van der Waals surface area contributed by atoms with Crippen LogP contribution in [0.2, 0.25) is 0 Å². The van der Waals surface area contributed by atoms with E-state index in [-0.39, 0.29) is 24.1 Å². The second-order valence-corrected chi connectivity index (χ2v) is 11.9. The summed E-state index contributed by atoms with van der Waals surface area (Å²) in [5.41, 5.74) is 3.44. The quantitative estimate of drug-likeness (QED) is 0.249. The van der Waals surface area contributed by atoms with Gasteiger partial charge >= 0.3 is 0 Å². The lowest BCUT2D eigenvalue weighted by Crippen LogP contribution is -2.43. The Bertz CT molecular complexity index is 1650. The lowest BCUT2D eigenvalue weighted by atomic mass is 9.85. The van der Waals surface area contributed by atoms with Gasteiger partial charge in [-0.3, -0.25) is 19.6 Å². The van der Waals surface area contributed by atoms with Crippen LogP contribution in [0.4, 0.5) is 14.5 Å². The van der Waals surface area contributed by atoms with Gasteiger partial charge in [-0.05, 0) is 61.9 Å². The first kappa shape index (κ1) is 29.6. The third-order valence-corrected chi connectivity index (χ3v) is 8.92. The van der Waals surface area contributed by atoms with Crippen LogP contribution in [-0.2, 0) is 9.59 Å². The minimum absolute atomic E-state index is 0.00515. The zero-order chi connectivity index (χ0) is 31.0. The van der Waals surface area contributed by atoms with E-state index in [1.165, 1.54) is 5.57 Å². The highest BCUT2D eigenvalue weighted by atomic mass is 19.3. The van der Waals surface area contributed by atoms with E-state index < -0.39 is 11.8 Å². The average Bonchev–Trinajstić information content (AvgIpc) is 3.73. The van der Waals surface area contributed by atoms with E-state index in [9.17, 15) is 18.4 Å². The molecule has 1 atom stereocenters. The first-order chi connectivity index (χ1) is 21.2. The molecule has 0 radical (unpaired) electrons. The van der Waals surface area contributed by atoms with Gasteiger partial charge in [0.05, 0.1) is 17.5 Å². The number of fused-ring (bicyclic) bond motifs is 1. The summed E-state index contributed by atoms with van der Waals surface area (Å²) in [6.45, 7) is 6.77. The molecule has 1 N–H and O–H groups in total. The summed E-state index contributed by atoms with van der Waals surface area (Å²) in [6, 6.07) is 13.1. The second-order valence-electron chi connectivity index (χ2n) is 11.9. The van der Waals surface area contributed by atoms with E-state index in [1.54, 1.807) is 28.1 Å². The normalized spacial score (nSPS) is 21.2. The van der Waals surface area contributed by atoms with Crippen molar-refractivity contribution in [1.82, 2.24) is 25.0 Å². The first-order valence-corrected chi connectivity index (χ1v) is 14.8. The van der Waals surface area contributed by atoms with Crippen molar-refractivity contribution in [2.45, 2.75) is 25.7 Å². The predicted octanol–water partition coefficient (Wildman–Crippen LogP) is 4.17. The molecule has 4 heterocycles. The molecular formula is C32H36F2N8O2. The number of halogens is 2. The summed E-state index contributed by atoms with van der Waals surface area (Å²) in [4.78, 5) is 36.6. The summed E-state index contributed by atoms with van der Waals surface area (Å²) in [5, 5.41) is 12.7. The maximum atomic E-state index is 13.7. The van der Waals surface area contributed by atoms with Gasteiger partial charge in [0.15, 0.2) is 5.84 Å². The number of hydrogen-bond acceptors (Lipinski definition) is 6. The molecule has 10 nitrogen and oxygen atoms in total. The molecule has 3 aliphatic heterocycles. The molecule has 0 aliphatic carbocycles. The SMILES string of the molecule is C=N/C(=N\N(C)C)c1ccc(C2=CCN(C(=O)CN3CC[C@]4(CCN(c5ccc6n[nH]c(C(F)F)c6c5)C4=O)C3)CC2)cc1. The Balaban J connectivity index is 1.05.